The quantitative estimate of drug-likeness (QED) is 0.647. The molecule has 1 aliphatic carbocycles. The van der Waals surface area contributed by atoms with Crippen LogP contribution in [0.3, 0.4) is 0 Å². The Kier molecular flexibility index (Phi) is 1.59. The molecule has 0 atom stereocenters. The van der Waals surface area contributed by atoms with Crippen molar-refractivity contribution in [1.82, 2.24) is 0 Å². The van der Waals surface area contributed by atoms with Gasteiger partial charge in [-0.05, 0) is 11.1 Å². The molecule has 0 aromatic heterocycles. The van der Waals surface area contributed by atoms with Crippen molar-refractivity contribution in [1.29, 1.82) is 0 Å². The Morgan fingerprint density at radius 3 is 2.69 bits per heavy atom. The van der Waals surface area contributed by atoms with Crippen LogP contribution in [-0.2, 0) is 11.2 Å². The highest BCUT2D eigenvalue weighted by molar-refractivity contribution is 6.21. The molecule has 66 valence electrons. The average Bonchev–Trinajstić information content (AvgIpc) is 2.39. The second kappa shape index (κ2) is 2.62. The highest BCUT2D eigenvalue weighted by Gasteiger charge is 2.22. The van der Waals surface area contributed by atoms with Crippen molar-refractivity contribution >= 4 is 11.5 Å². The van der Waals surface area contributed by atoms with Gasteiger partial charge in [0.05, 0.1) is 5.57 Å². The first-order valence-electron chi connectivity index (χ1n) is 4.07. The second-order valence-electron chi connectivity index (χ2n) is 3.10. The molecule has 4 N–H and O–H groups in total. The first-order chi connectivity index (χ1) is 6.20. The molecule has 3 nitrogen and oxygen atoms in total. The van der Waals surface area contributed by atoms with E-state index in [4.69, 9.17) is 11.5 Å². The molecule has 0 heterocycles. The van der Waals surface area contributed by atoms with Crippen molar-refractivity contribution in [2.24, 2.45) is 11.5 Å². The minimum atomic E-state index is -0.442. The number of hydrogen-bond acceptors (Lipinski definition) is 2. The summed E-state index contributed by atoms with van der Waals surface area (Å²) in [5.41, 5.74) is 14.0. The topological polar surface area (TPSA) is 69.1 Å². The van der Waals surface area contributed by atoms with Gasteiger partial charge in [0, 0.05) is 12.1 Å². The summed E-state index contributed by atoms with van der Waals surface area (Å²) >= 11 is 0. The van der Waals surface area contributed by atoms with E-state index >= 15 is 0 Å². The number of carbonyl (C=O) groups excluding carboxylic acids is 1. The van der Waals surface area contributed by atoms with E-state index in [2.05, 4.69) is 0 Å². The number of hydrogen-bond donors (Lipinski definition) is 2. The lowest BCUT2D eigenvalue weighted by molar-refractivity contribution is -0.112. The molecule has 1 amide bonds. The highest BCUT2D eigenvalue weighted by atomic mass is 16.1. The zero-order chi connectivity index (χ0) is 9.42. The Morgan fingerprint density at radius 1 is 1.31 bits per heavy atom. The van der Waals surface area contributed by atoms with E-state index < -0.39 is 5.91 Å². The average molecular weight is 174 g/mol. The van der Waals surface area contributed by atoms with Crippen LogP contribution in [0.15, 0.2) is 30.0 Å². The standard InChI is InChI=1S/C10H10N2O/c11-8-5-6-3-1-2-4-7(6)9(8)10(12)13/h1-4H,5,11H2,(H2,12,13). The molecule has 0 unspecified atom stereocenters. The molecule has 0 spiro atoms. The molecule has 0 saturated heterocycles. The van der Waals surface area contributed by atoms with Gasteiger partial charge in [-0.15, -0.1) is 0 Å². The van der Waals surface area contributed by atoms with E-state index in [1.165, 1.54) is 0 Å². The normalized spacial score (nSPS) is 14.5. The van der Waals surface area contributed by atoms with Crippen LogP contribution in [0.4, 0.5) is 0 Å². The van der Waals surface area contributed by atoms with Gasteiger partial charge < -0.3 is 11.5 Å². The molecule has 1 aromatic rings. The molecule has 13 heavy (non-hydrogen) atoms. The maximum Gasteiger partial charge on any atom is 0.251 e. The summed E-state index contributed by atoms with van der Waals surface area (Å²) in [6, 6.07) is 7.63. The molecular weight excluding hydrogens is 164 g/mol. The largest absolute Gasteiger partial charge is 0.401 e. The Balaban J connectivity index is 2.59. The van der Waals surface area contributed by atoms with Crippen LogP contribution in [0.1, 0.15) is 11.1 Å². The molecule has 0 radical (unpaired) electrons. The summed E-state index contributed by atoms with van der Waals surface area (Å²) in [6.07, 6.45) is 0.633. The van der Waals surface area contributed by atoms with Crippen molar-refractivity contribution < 1.29 is 4.79 Å². The number of allylic oxidation sites excluding steroid dienone is 1. The molecule has 3 heteroatoms. The van der Waals surface area contributed by atoms with Crippen molar-refractivity contribution in [2.45, 2.75) is 6.42 Å². The SMILES string of the molecule is NC(=O)C1=C(N)Cc2ccccc21. The smallest absolute Gasteiger partial charge is 0.251 e. The summed E-state index contributed by atoms with van der Waals surface area (Å²) in [4.78, 5) is 11.1. The van der Waals surface area contributed by atoms with Gasteiger partial charge in [-0.3, -0.25) is 4.79 Å². The third kappa shape index (κ3) is 1.09. The maximum absolute atomic E-state index is 11.1. The van der Waals surface area contributed by atoms with Crippen molar-refractivity contribution in [3.8, 4) is 0 Å². The zero-order valence-electron chi connectivity index (χ0n) is 7.08. The monoisotopic (exact) mass is 174 g/mol. The van der Waals surface area contributed by atoms with Crippen LogP contribution in [0.5, 0.6) is 0 Å². The number of benzene rings is 1. The predicted octanol–water partition coefficient (Wildman–Crippen LogP) is 0.398. The van der Waals surface area contributed by atoms with E-state index in [9.17, 15) is 4.79 Å². The first-order valence-corrected chi connectivity index (χ1v) is 4.07. The van der Waals surface area contributed by atoms with Gasteiger partial charge in [-0.25, -0.2) is 0 Å². The summed E-state index contributed by atoms with van der Waals surface area (Å²) in [5.74, 6) is -0.442. The Bertz CT molecular complexity index is 407. The number of nitrogens with two attached hydrogens (primary N) is 2. The van der Waals surface area contributed by atoms with E-state index in [-0.39, 0.29) is 0 Å². The zero-order valence-corrected chi connectivity index (χ0v) is 7.08. The van der Waals surface area contributed by atoms with Gasteiger partial charge in [0.1, 0.15) is 0 Å². The third-order valence-electron chi connectivity index (χ3n) is 2.24. The number of carbonyl (C=O) groups is 1. The molecular formula is C10H10N2O. The molecule has 1 aliphatic rings. The molecule has 0 saturated carbocycles. The lowest BCUT2D eigenvalue weighted by atomic mass is 10.1. The molecule has 0 fully saturated rings. The molecule has 0 aliphatic heterocycles. The summed E-state index contributed by atoms with van der Waals surface area (Å²) in [5, 5.41) is 0. The van der Waals surface area contributed by atoms with Crippen LogP contribution in [-0.4, -0.2) is 5.91 Å². The van der Waals surface area contributed by atoms with E-state index in [1.807, 2.05) is 24.3 Å². The van der Waals surface area contributed by atoms with Gasteiger partial charge >= 0.3 is 0 Å². The summed E-state index contributed by atoms with van der Waals surface area (Å²) in [6.45, 7) is 0. The van der Waals surface area contributed by atoms with E-state index in [1.54, 1.807) is 0 Å². The van der Waals surface area contributed by atoms with Crippen LogP contribution < -0.4 is 11.5 Å². The van der Waals surface area contributed by atoms with Gasteiger partial charge in [0.15, 0.2) is 0 Å². The minimum Gasteiger partial charge on any atom is -0.401 e. The maximum atomic E-state index is 11.1. The lowest BCUT2D eigenvalue weighted by Gasteiger charge is -1.99. The lowest BCUT2D eigenvalue weighted by Crippen LogP contribution is -2.15. The number of rotatable bonds is 1. The molecule has 1 aromatic carbocycles. The van der Waals surface area contributed by atoms with Crippen molar-refractivity contribution in [3.63, 3.8) is 0 Å². The van der Waals surface area contributed by atoms with Crippen LogP contribution >= 0.6 is 0 Å². The fourth-order valence-corrected chi connectivity index (χ4v) is 1.68. The number of primary amides is 1. The van der Waals surface area contributed by atoms with Crippen LogP contribution in [0, 0.1) is 0 Å². The van der Waals surface area contributed by atoms with E-state index in [0.717, 1.165) is 11.1 Å². The highest BCUT2D eigenvalue weighted by Crippen LogP contribution is 2.29. The van der Waals surface area contributed by atoms with Gasteiger partial charge in [0.2, 0.25) is 0 Å². The minimum absolute atomic E-state index is 0.442. The van der Waals surface area contributed by atoms with Gasteiger partial charge in [0.25, 0.3) is 5.91 Å². The van der Waals surface area contributed by atoms with Crippen LogP contribution in [0.25, 0.3) is 5.57 Å². The van der Waals surface area contributed by atoms with Gasteiger partial charge in [-0.2, -0.15) is 0 Å². The number of amides is 1. The summed E-state index contributed by atoms with van der Waals surface area (Å²) < 4.78 is 0. The molecule has 0 bridgehead atoms. The second-order valence-corrected chi connectivity index (χ2v) is 3.10. The van der Waals surface area contributed by atoms with Crippen molar-refractivity contribution in [3.05, 3.63) is 41.1 Å². The Morgan fingerprint density at radius 2 is 2.00 bits per heavy atom. The van der Waals surface area contributed by atoms with E-state index in [0.29, 0.717) is 17.7 Å². The fourth-order valence-electron chi connectivity index (χ4n) is 1.68. The van der Waals surface area contributed by atoms with Gasteiger partial charge in [-0.1, -0.05) is 24.3 Å². The Hall–Kier alpha value is -1.77. The predicted molar refractivity (Wildman–Crippen MR) is 50.4 cm³/mol. The Labute approximate surface area is 76.0 Å². The fraction of sp³-hybridized carbons (Fsp3) is 0.100. The van der Waals surface area contributed by atoms with Crippen LogP contribution in [0.2, 0.25) is 0 Å². The first kappa shape index (κ1) is 7.86. The third-order valence-corrected chi connectivity index (χ3v) is 2.24. The molecule has 2 rings (SSSR count). The van der Waals surface area contributed by atoms with Crippen molar-refractivity contribution in [2.75, 3.05) is 0 Å². The summed E-state index contributed by atoms with van der Waals surface area (Å²) in [7, 11) is 0. The number of fused-ring (bicyclic) bond motifs is 1.